The van der Waals surface area contributed by atoms with Crippen LogP contribution in [0.3, 0.4) is 0 Å². The lowest BCUT2D eigenvalue weighted by Crippen LogP contribution is -2.16. The third-order valence-electron chi connectivity index (χ3n) is 3.17. The van der Waals surface area contributed by atoms with E-state index in [1.165, 1.54) is 5.56 Å². The van der Waals surface area contributed by atoms with Crippen LogP contribution < -0.4 is 10.1 Å². The van der Waals surface area contributed by atoms with Crippen LogP contribution in [0.5, 0.6) is 5.75 Å². The molecule has 1 heterocycles. The first-order chi connectivity index (χ1) is 9.40. The molecule has 4 nitrogen and oxygen atoms in total. The highest BCUT2D eigenvalue weighted by molar-refractivity contribution is 5.48. The molecule has 0 fully saturated rings. The first kappa shape index (κ1) is 14.4. The van der Waals surface area contributed by atoms with Crippen LogP contribution in [-0.2, 0) is 19.0 Å². The van der Waals surface area contributed by atoms with Gasteiger partial charge in [-0.1, -0.05) is 26.8 Å². The highest BCUT2D eigenvalue weighted by atomic mass is 16.5. The summed E-state index contributed by atoms with van der Waals surface area (Å²) in [6.07, 6.45) is 2.08. The molecule has 0 bridgehead atoms. The van der Waals surface area contributed by atoms with Crippen LogP contribution in [0.15, 0.2) is 30.5 Å². The summed E-state index contributed by atoms with van der Waals surface area (Å²) in [5.74, 6) is 0.859. The summed E-state index contributed by atoms with van der Waals surface area (Å²) in [5.41, 5.74) is 3.46. The summed E-state index contributed by atoms with van der Waals surface area (Å²) < 4.78 is 7.11. The van der Waals surface area contributed by atoms with Gasteiger partial charge >= 0.3 is 0 Å². The molecule has 0 spiro atoms. The highest BCUT2D eigenvalue weighted by Crippen LogP contribution is 2.25. The third kappa shape index (κ3) is 3.32. The van der Waals surface area contributed by atoms with Gasteiger partial charge in [-0.2, -0.15) is 5.10 Å². The molecular formula is C16H23N3O. The van der Waals surface area contributed by atoms with E-state index in [2.05, 4.69) is 37.4 Å². The number of rotatable bonds is 4. The minimum Gasteiger partial charge on any atom is -0.497 e. The standard InChI is InChI=1S/C16H23N3O/c1-16(2,3)15-12(11-19(4)18-15)10-17-13-7-6-8-14(9-13)20-5/h6-9,11,17H,10H2,1-5H3. The van der Waals surface area contributed by atoms with E-state index < -0.39 is 0 Å². The van der Waals surface area contributed by atoms with Gasteiger partial charge in [-0.05, 0) is 12.1 Å². The molecule has 0 saturated carbocycles. The number of anilines is 1. The summed E-state index contributed by atoms with van der Waals surface area (Å²) in [6, 6.07) is 7.95. The number of hydrogen-bond acceptors (Lipinski definition) is 3. The predicted molar refractivity (Wildman–Crippen MR) is 82.2 cm³/mol. The normalized spacial score (nSPS) is 11.4. The van der Waals surface area contributed by atoms with Crippen molar-refractivity contribution in [3.8, 4) is 5.75 Å². The van der Waals surface area contributed by atoms with Crippen molar-refractivity contribution in [2.75, 3.05) is 12.4 Å². The largest absolute Gasteiger partial charge is 0.497 e. The smallest absolute Gasteiger partial charge is 0.120 e. The molecule has 2 aromatic rings. The molecule has 1 aromatic carbocycles. The number of ether oxygens (including phenoxy) is 1. The molecule has 0 amide bonds. The minimum atomic E-state index is 0.0483. The third-order valence-corrected chi connectivity index (χ3v) is 3.17. The molecule has 0 unspecified atom stereocenters. The second kappa shape index (κ2) is 5.57. The van der Waals surface area contributed by atoms with E-state index in [4.69, 9.17) is 4.74 Å². The Labute approximate surface area is 120 Å². The molecule has 2 rings (SSSR count). The van der Waals surface area contributed by atoms with E-state index in [9.17, 15) is 0 Å². The van der Waals surface area contributed by atoms with E-state index in [1.807, 2.05) is 36.0 Å². The van der Waals surface area contributed by atoms with E-state index in [1.54, 1.807) is 7.11 Å². The Bertz CT molecular complexity index is 582. The average molecular weight is 273 g/mol. The molecule has 0 atom stereocenters. The van der Waals surface area contributed by atoms with Crippen molar-refractivity contribution in [1.29, 1.82) is 0 Å². The molecular weight excluding hydrogens is 250 g/mol. The SMILES string of the molecule is COc1cccc(NCc2cn(C)nc2C(C)(C)C)c1. The fraction of sp³-hybridized carbons (Fsp3) is 0.438. The Morgan fingerprint density at radius 2 is 2.05 bits per heavy atom. The second-order valence-corrected chi connectivity index (χ2v) is 6.01. The van der Waals surface area contributed by atoms with Crippen LogP contribution in [0.25, 0.3) is 0 Å². The summed E-state index contributed by atoms with van der Waals surface area (Å²) in [4.78, 5) is 0. The Morgan fingerprint density at radius 3 is 2.70 bits per heavy atom. The second-order valence-electron chi connectivity index (χ2n) is 6.01. The highest BCUT2D eigenvalue weighted by Gasteiger charge is 2.21. The molecule has 1 N–H and O–H groups in total. The predicted octanol–water partition coefficient (Wildman–Crippen LogP) is 3.34. The first-order valence-electron chi connectivity index (χ1n) is 6.81. The van der Waals surface area contributed by atoms with Gasteiger partial charge in [0, 0.05) is 42.5 Å². The van der Waals surface area contributed by atoms with Crippen LogP contribution in [0, 0.1) is 0 Å². The van der Waals surface area contributed by atoms with Gasteiger partial charge in [-0.15, -0.1) is 0 Å². The Kier molecular flexibility index (Phi) is 4.02. The lowest BCUT2D eigenvalue weighted by molar-refractivity contribution is 0.415. The van der Waals surface area contributed by atoms with Crippen molar-refractivity contribution in [2.45, 2.75) is 32.7 Å². The quantitative estimate of drug-likeness (QED) is 0.928. The van der Waals surface area contributed by atoms with Crippen molar-refractivity contribution in [3.63, 3.8) is 0 Å². The Morgan fingerprint density at radius 1 is 1.30 bits per heavy atom. The van der Waals surface area contributed by atoms with Crippen LogP contribution in [0.2, 0.25) is 0 Å². The molecule has 0 saturated heterocycles. The van der Waals surface area contributed by atoms with Gasteiger partial charge < -0.3 is 10.1 Å². The van der Waals surface area contributed by atoms with E-state index in [-0.39, 0.29) is 5.41 Å². The van der Waals surface area contributed by atoms with Crippen LogP contribution in [-0.4, -0.2) is 16.9 Å². The summed E-state index contributed by atoms with van der Waals surface area (Å²) in [7, 11) is 3.64. The van der Waals surface area contributed by atoms with E-state index in [0.717, 1.165) is 23.7 Å². The number of aromatic nitrogens is 2. The van der Waals surface area contributed by atoms with Gasteiger partial charge in [-0.3, -0.25) is 4.68 Å². The maximum absolute atomic E-state index is 5.23. The van der Waals surface area contributed by atoms with Crippen molar-refractivity contribution in [1.82, 2.24) is 9.78 Å². The van der Waals surface area contributed by atoms with Gasteiger partial charge in [0.2, 0.25) is 0 Å². The monoisotopic (exact) mass is 273 g/mol. The molecule has 0 aliphatic rings. The zero-order valence-electron chi connectivity index (χ0n) is 12.9. The molecule has 20 heavy (non-hydrogen) atoms. The lowest BCUT2D eigenvalue weighted by Gasteiger charge is -2.18. The number of hydrogen-bond donors (Lipinski definition) is 1. The van der Waals surface area contributed by atoms with Crippen molar-refractivity contribution in [3.05, 3.63) is 41.7 Å². The Balaban J connectivity index is 2.14. The molecule has 108 valence electrons. The number of methoxy groups -OCH3 is 1. The number of aryl methyl sites for hydroxylation is 1. The fourth-order valence-electron chi connectivity index (χ4n) is 2.23. The summed E-state index contributed by atoms with van der Waals surface area (Å²) in [5, 5.41) is 8.01. The summed E-state index contributed by atoms with van der Waals surface area (Å²) in [6.45, 7) is 7.31. The zero-order valence-corrected chi connectivity index (χ0v) is 12.9. The maximum atomic E-state index is 5.23. The van der Waals surface area contributed by atoms with Crippen molar-refractivity contribution < 1.29 is 4.74 Å². The Hall–Kier alpha value is -1.97. The van der Waals surface area contributed by atoms with Gasteiger partial charge in [0.25, 0.3) is 0 Å². The minimum absolute atomic E-state index is 0.0483. The molecule has 0 radical (unpaired) electrons. The van der Waals surface area contributed by atoms with E-state index >= 15 is 0 Å². The van der Waals surface area contributed by atoms with Crippen LogP contribution in [0.1, 0.15) is 32.0 Å². The van der Waals surface area contributed by atoms with Gasteiger partial charge in [0.05, 0.1) is 12.8 Å². The lowest BCUT2D eigenvalue weighted by atomic mass is 9.89. The average Bonchev–Trinajstić information content (AvgIpc) is 2.78. The molecule has 0 aliphatic heterocycles. The summed E-state index contributed by atoms with van der Waals surface area (Å²) >= 11 is 0. The van der Waals surface area contributed by atoms with E-state index in [0.29, 0.717) is 0 Å². The van der Waals surface area contributed by atoms with Gasteiger partial charge in [-0.25, -0.2) is 0 Å². The number of nitrogens with one attached hydrogen (secondary N) is 1. The topological polar surface area (TPSA) is 39.1 Å². The maximum Gasteiger partial charge on any atom is 0.120 e. The molecule has 0 aliphatic carbocycles. The fourth-order valence-corrected chi connectivity index (χ4v) is 2.23. The number of benzene rings is 1. The van der Waals surface area contributed by atoms with Crippen molar-refractivity contribution >= 4 is 5.69 Å². The van der Waals surface area contributed by atoms with Crippen LogP contribution >= 0.6 is 0 Å². The molecule has 4 heteroatoms. The van der Waals surface area contributed by atoms with Crippen molar-refractivity contribution in [2.24, 2.45) is 7.05 Å². The van der Waals surface area contributed by atoms with Crippen LogP contribution in [0.4, 0.5) is 5.69 Å². The van der Waals surface area contributed by atoms with Gasteiger partial charge in [0.1, 0.15) is 5.75 Å². The first-order valence-corrected chi connectivity index (χ1v) is 6.81. The number of nitrogens with zero attached hydrogens (tertiary/aromatic N) is 2. The molecule has 1 aromatic heterocycles. The van der Waals surface area contributed by atoms with Gasteiger partial charge in [0.15, 0.2) is 0 Å². The zero-order chi connectivity index (χ0) is 14.8.